The van der Waals surface area contributed by atoms with Gasteiger partial charge in [0.2, 0.25) is 11.8 Å². The number of hydrogen-bond donors (Lipinski definition) is 2. The average molecular weight is 489 g/mol. The van der Waals surface area contributed by atoms with Gasteiger partial charge in [-0.25, -0.2) is 0 Å². The van der Waals surface area contributed by atoms with Crippen molar-refractivity contribution in [3.63, 3.8) is 0 Å². The Morgan fingerprint density at radius 1 is 1.06 bits per heavy atom. The van der Waals surface area contributed by atoms with Crippen LogP contribution in [0.4, 0.5) is 5.69 Å². The highest BCUT2D eigenvalue weighted by Crippen LogP contribution is 2.29. The van der Waals surface area contributed by atoms with E-state index in [-0.39, 0.29) is 24.3 Å². The summed E-state index contributed by atoms with van der Waals surface area (Å²) in [6.07, 6.45) is 10.6. The van der Waals surface area contributed by atoms with Crippen LogP contribution in [0.15, 0.2) is 71.6 Å². The monoisotopic (exact) mass is 488 g/mol. The van der Waals surface area contributed by atoms with E-state index in [9.17, 15) is 14.4 Å². The average Bonchev–Trinajstić information content (AvgIpc) is 3.46. The van der Waals surface area contributed by atoms with Gasteiger partial charge in [-0.1, -0.05) is 50.5 Å². The first kappa shape index (κ1) is 25.2. The predicted octanol–water partition coefficient (Wildman–Crippen LogP) is 4.19. The van der Waals surface area contributed by atoms with Gasteiger partial charge in [-0.05, 0) is 54.7 Å². The number of carbonyl (C=O) groups excluding carboxylic acids is 3. The van der Waals surface area contributed by atoms with Gasteiger partial charge in [0.05, 0.1) is 24.7 Å². The van der Waals surface area contributed by atoms with E-state index in [1.165, 1.54) is 23.7 Å². The third-order valence-corrected chi connectivity index (χ3v) is 6.50. The first-order valence-electron chi connectivity index (χ1n) is 12.5. The van der Waals surface area contributed by atoms with Crippen LogP contribution in [0.25, 0.3) is 0 Å². The van der Waals surface area contributed by atoms with Crippen LogP contribution in [0.1, 0.15) is 66.8 Å². The lowest BCUT2D eigenvalue weighted by molar-refractivity contribution is -0.127. The predicted molar refractivity (Wildman–Crippen MR) is 136 cm³/mol. The molecule has 1 saturated carbocycles. The summed E-state index contributed by atoms with van der Waals surface area (Å²) in [4.78, 5) is 45.4. The van der Waals surface area contributed by atoms with Crippen molar-refractivity contribution in [2.75, 3.05) is 11.4 Å². The number of hydrogen-bond acceptors (Lipinski definition) is 5. The molecular formula is C28H32N4O4. The number of benzene rings is 1. The maximum atomic E-state index is 13.8. The van der Waals surface area contributed by atoms with Crippen LogP contribution < -0.4 is 15.5 Å². The Kier molecular flexibility index (Phi) is 8.49. The van der Waals surface area contributed by atoms with E-state index in [0.29, 0.717) is 11.3 Å². The molecule has 0 aliphatic heterocycles. The molecule has 0 bridgehead atoms. The normalized spacial score (nSPS) is 14.6. The molecule has 2 heterocycles. The summed E-state index contributed by atoms with van der Waals surface area (Å²) in [5, 5.41) is 5.79. The fraction of sp³-hybridized carbons (Fsp3) is 0.357. The van der Waals surface area contributed by atoms with Crippen molar-refractivity contribution in [2.45, 2.75) is 57.5 Å². The molecule has 2 aromatic heterocycles. The van der Waals surface area contributed by atoms with Gasteiger partial charge in [-0.15, -0.1) is 0 Å². The molecular weight excluding hydrogens is 456 g/mol. The number of rotatable bonds is 9. The number of furan rings is 1. The van der Waals surface area contributed by atoms with Crippen LogP contribution in [-0.2, 0) is 16.0 Å². The molecule has 2 N–H and O–H groups in total. The van der Waals surface area contributed by atoms with Gasteiger partial charge in [0.1, 0.15) is 6.04 Å². The largest absolute Gasteiger partial charge is 0.459 e. The van der Waals surface area contributed by atoms with Crippen LogP contribution >= 0.6 is 0 Å². The Hall–Kier alpha value is -3.94. The number of nitrogens with zero attached hydrogens (tertiary/aromatic N) is 2. The van der Waals surface area contributed by atoms with E-state index in [0.717, 1.165) is 37.7 Å². The van der Waals surface area contributed by atoms with Crippen molar-refractivity contribution in [1.29, 1.82) is 0 Å². The quantitative estimate of drug-likeness (QED) is 0.470. The number of carbonyl (C=O) groups is 3. The summed E-state index contributed by atoms with van der Waals surface area (Å²) < 4.78 is 5.12. The van der Waals surface area contributed by atoms with Crippen LogP contribution in [0.2, 0.25) is 0 Å². The van der Waals surface area contributed by atoms with E-state index in [1.54, 1.807) is 30.6 Å². The van der Waals surface area contributed by atoms with Crippen LogP contribution in [0, 0.1) is 0 Å². The van der Waals surface area contributed by atoms with Crippen molar-refractivity contribution in [3.8, 4) is 0 Å². The molecule has 0 saturated heterocycles. The summed E-state index contributed by atoms with van der Waals surface area (Å²) in [7, 11) is 0. The summed E-state index contributed by atoms with van der Waals surface area (Å²) in [5.74, 6) is -1.08. The molecule has 0 spiro atoms. The van der Waals surface area contributed by atoms with Gasteiger partial charge < -0.3 is 15.1 Å². The van der Waals surface area contributed by atoms with Gasteiger partial charge in [0.25, 0.3) is 5.91 Å². The van der Waals surface area contributed by atoms with E-state index < -0.39 is 17.9 Å². The van der Waals surface area contributed by atoms with Crippen molar-refractivity contribution in [3.05, 3.63) is 84.1 Å². The molecule has 3 amide bonds. The minimum absolute atomic E-state index is 0.0770. The maximum absolute atomic E-state index is 13.8. The zero-order valence-electron chi connectivity index (χ0n) is 20.5. The van der Waals surface area contributed by atoms with E-state index in [4.69, 9.17) is 4.42 Å². The second-order valence-electron chi connectivity index (χ2n) is 8.98. The van der Waals surface area contributed by atoms with Gasteiger partial charge in [-0.3, -0.25) is 24.3 Å². The number of nitrogens with one attached hydrogen (secondary N) is 2. The number of anilines is 1. The van der Waals surface area contributed by atoms with Crippen molar-refractivity contribution in [1.82, 2.24) is 15.6 Å². The minimum Gasteiger partial charge on any atom is -0.459 e. The van der Waals surface area contributed by atoms with Crippen LogP contribution in [0.5, 0.6) is 0 Å². The van der Waals surface area contributed by atoms with Crippen molar-refractivity contribution < 1.29 is 18.8 Å². The SMILES string of the molecule is CCc1ccc(C(C(=O)NC2CCCCC2)N(C(=O)CNC(=O)c2ccco2)c2cccnc2)cc1. The fourth-order valence-electron chi connectivity index (χ4n) is 4.55. The first-order valence-corrected chi connectivity index (χ1v) is 12.5. The first-order chi connectivity index (χ1) is 17.6. The zero-order chi connectivity index (χ0) is 25.3. The Bertz CT molecular complexity index is 1140. The molecule has 1 aromatic carbocycles. The smallest absolute Gasteiger partial charge is 0.287 e. The Labute approximate surface area is 211 Å². The zero-order valence-corrected chi connectivity index (χ0v) is 20.5. The van der Waals surface area contributed by atoms with Crippen molar-refractivity contribution in [2.24, 2.45) is 0 Å². The summed E-state index contributed by atoms with van der Waals surface area (Å²) >= 11 is 0. The van der Waals surface area contributed by atoms with Gasteiger partial charge >= 0.3 is 0 Å². The van der Waals surface area contributed by atoms with Gasteiger partial charge in [-0.2, -0.15) is 0 Å². The molecule has 36 heavy (non-hydrogen) atoms. The highest BCUT2D eigenvalue weighted by molar-refractivity contribution is 6.04. The standard InChI is InChI=1S/C28H32N4O4/c1-2-20-12-14-21(15-13-20)26(28(35)31-22-8-4-3-5-9-22)32(23-10-6-16-29-18-23)25(33)19-30-27(34)24-11-7-17-36-24/h6-7,10-18,22,26H,2-5,8-9,19H2,1H3,(H,30,34)(H,31,35). The molecule has 8 nitrogen and oxygen atoms in total. The Morgan fingerprint density at radius 3 is 2.47 bits per heavy atom. The highest BCUT2D eigenvalue weighted by atomic mass is 16.3. The third kappa shape index (κ3) is 6.19. The maximum Gasteiger partial charge on any atom is 0.287 e. The molecule has 8 heteroatoms. The second-order valence-corrected chi connectivity index (χ2v) is 8.98. The lowest BCUT2D eigenvalue weighted by Crippen LogP contribution is -2.49. The number of pyridine rings is 1. The number of amides is 3. The summed E-state index contributed by atoms with van der Waals surface area (Å²) in [6, 6.07) is 13.5. The lowest BCUT2D eigenvalue weighted by atomic mass is 9.94. The minimum atomic E-state index is -0.921. The second kappa shape index (κ2) is 12.2. The Balaban J connectivity index is 1.65. The fourth-order valence-corrected chi connectivity index (χ4v) is 4.55. The molecule has 4 rings (SSSR count). The third-order valence-electron chi connectivity index (χ3n) is 6.50. The molecule has 1 atom stereocenters. The molecule has 1 unspecified atom stereocenters. The van der Waals surface area contributed by atoms with E-state index in [2.05, 4.69) is 22.5 Å². The van der Waals surface area contributed by atoms with Crippen molar-refractivity contribution >= 4 is 23.4 Å². The topological polar surface area (TPSA) is 105 Å². The van der Waals surface area contributed by atoms with E-state index >= 15 is 0 Å². The molecule has 1 aliphatic carbocycles. The lowest BCUT2D eigenvalue weighted by Gasteiger charge is -2.33. The van der Waals surface area contributed by atoms with Crippen LogP contribution in [-0.4, -0.2) is 35.3 Å². The molecule has 188 valence electrons. The van der Waals surface area contributed by atoms with E-state index in [1.807, 2.05) is 24.3 Å². The molecule has 1 fully saturated rings. The summed E-state index contributed by atoms with van der Waals surface area (Å²) in [6.45, 7) is 1.75. The number of aromatic nitrogens is 1. The van der Waals surface area contributed by atoms with Gasteiger partial charge in [0.15, 0.2) is 5.76 Å². The molecule has 3 aromatic rings. The molecule has 1 aliphatic rings. The van der Waals surface area contributed by atoms with Crippen LogP contribution in [0.3, 0.4) is 0 Å². The molecule has 0 radical (unpaired) electrons. The Morgan fingerprint density at radius 2 is 1.83 bits per heavy atom. The highest BCUT2D eigenvalue weighted by Gasteiger charge is 2.34. The van der Waals surface area contributed by atoms with Gasteiger partial charge in [0, 0.05) is 12.2 Å². The summed E-state index contributed by atoms with van der Waals surface area (Å²) in [5.41, 5.74) is 2.29. The number of aryl methyl sites for hydroxylation is 1.